The number of carbonyl (C=O) groups is 1. The molecule has 5 rings (SSSR count). The molecule has 0 spiro atoms. The van der Waals surface area contributed by atoms with Crippen molar-refractivity contribution in [2.45, 2.75) is 45.6 Å². The molecule has 160 valence electrons. The first-order chi connectivity index (χ1) is 15.6. The zero-order chi connectivity index (χ0) is 22.2. The zero-order valence-electron chi connectivity index (χ0n) is 18.2. The molecular formula is C25H24N6O. The largest absolute Gasteiger partial charge is 0.322 e. The highest BCUT2D eigenvalue weighted by molar-refractivity contribution is 6.06. The Balaban J connectivity index is 1.51. The smallest absolute Gasteiger partial charge is 0.255 e. The maximum atomic E-state index is 13.1. The predicted octanol–water partition coefficient (Wildman–Crippen LogP) is 4.81. The highest BCUT2D eigenvalue weighted by atomic mass is 16.1. The van der Waals surface area contributed by atoms with Gasteiger partial charge in [-0.1, -0.05) is 19.9 Å². The number of nitrogens with one attached hydrogen (secondary N) is 1. The van der Waals surface area contributed by atoms with Crippen LogP contribution in [0.4, 0.5) is 5.69 Å². The lowest BCUT2D eigenvalue weighted by atomic mass is 9.92. The number of hydrogen-bond acceptors (Lipinski definition) is 4. The number of nitriles is 1. The van der Waals surface area contributed by atoms with Gasteiger partial charge in [0.25, 0.3) is 5.91 Å². The van der Waals surface area contributed by atoms with Crippen LogP contribution in [0.15, 0.2) is 48.8 Å². The third kappa shape index (κ3) is 3.34. The number of fused-ring (bicyclic) bond motifs is 2. The molecule has 0 radical (unpaired) electrons. The van der Waals surface area contributed by atoms with E-state index in [4.69, 9.17) is 0 Å². The SMILES string of the molecule is CC(C)c1c(C#N)cccc1C(=O)Nc1ccc2cnn(-c3cnn4c3CCCC4)c2c1. The van der Waals surface area contributed by atoms with Crippen LogP contribution in [0.5, 0.6) is 0 Å². The molecule has 2 aromatic carbocycles. The molecule has 0 atom stereocenters. The van der Waals surface area contributed by atoms with Gasteiger partial charge in [0.2, 0.25) is 0 Å². The molecule has 1 amide bonds. The van der Waals surface area contributed by atoms with Crippen LogP contribution >= 0.6 is 0 Å². The fourth-order valence-corrected chi connectivity index (χ4v) is 4.55. The molecule has 1 aliphatic rings. The molecule has 1 aliphatic heterocycles. The highest BCUT2D eigenvalue weighted by Gasteiger charge is 2.20. The van der Waals surface area contributed by atoms with Crippen LogP contribution in [-0.4, -0.2) is 25.5 Å². The van der Waals surface area contributed by atoms with Crippen molar-refractivity contribution in [3.63, 3.8) is 0 Å². The van der Waals surface area contributed by atoms with E-state index in [1.165, 1.54) is 5.69 Å². The molecule has 7 nitrogen and oxygen atoms in total. The fourth-order valence-electron chi connectivity index (χ4n) is 4.55. The number of hydrogen-bond donors (Lipinski definition) is 1. The van der Waals surface area contributed by atoms with Gasteiger partial charge in [-0.2, -0.15) is 15.5 Å². The van der Waals surface area contributed by atoms with Gasteiger partial charge in [-0.25, -0.2) is 4.68 Å². The summed E-state index contributed by atoms with van der Waals surface area (Å²) in [4.78, 5) is 13.1. The summed E-state index contributed by atoms with van der Waals surface area (Å²) in [6, 6.07) is 13.3. The second kappa shape index (κ2) is 7.97. The summed E-state index contributed by atoms with van der Waals surface area (Å²) in [5.74, 6) is -0.164. The van der Waals surface area contributed by atoms with Crippen LogP contribution in [0.3, 0.4) is 0 Å². The number of carbonyl (C=O) groups excluding carboxylic acids is 1. The molecule has 1 N–H and O–H groups in total. The topological polar surface area (TPSA) is 88.5 Å². The Labute approximate surface area is 186 Å². The van der Waals surface area contributed by atoms with Gasteiger partial charge in [-0.15, -0.1) is 0 Å². The van der Waals surface area contributed by atoms with Gasteiger partial charge in [0.05, 0.1) is 35.2 Å². The Morgan fingerprint density at radius 3 is 2.84 bits per heavy atom. The van der Waals surface area contributed by atoms with E-state index < -0.39 is 0 Å². The molecule has 0 unspecified atom stereocenters. The van der Waals surface area contributed by atoms with Gasteiger partial charge in [0.1, 0.15) is 5.69 Å². The van der Waals surface area contributed by atoms with E-state index in [9.17, 15) is 10.1 Å². The molecule has 2 aromatic heterocycles. The van der Waals surface area contributed by atoms with Crippen molar-refractivity contribution >= 4 is 22.5 Å². The van der Waals surface area contributed by atoms with Gasteiger partial charge in [0, 0.05) is 23.2 Å². The second-order valence-electron chi connectivity index (χ2n) is 8.47. The number of aryl methyl sites for hydroxylation is 1. The Kier molecular flexibility index (Phi) is 4.98. The van der Waals surface area contributed by atoms with Gasteiger partial charge < -0.3 is 5.32 Å². The van der Waals surface area contributed by atoms with Crippen molar-refractivity contribution in [1.82, 2.24) is 19.6 Å². The third-order valence-corrected chi connectivity index (χ3v) is 6.07. The van der Waals surface area contributed by atoms with Crippen molar-refractivity contribution in [2.75, 3.05) is 5.32 Å². The zero-order valence-corrected chi connectivity index (χ0v) is 18.2. The fraction of sp³-hybridized carbons (Fsp3) is 0.280. The normalized spacial score (nSPS) is 13.2. The first kappa shape index (κ1) is 20.0. The minimum Gasteiger partial charge on any atom is -0.322 e. The maximum absolute atomic E-state index is 13.1. The first-order valence-corrected chi connectivity index (χ1v) is 10.9. The molecule has 0 fully saturated rings. The summed E-state index contributed by atoms with van der Waals surface area (Å²) in [5.41, 5.74) is 5.62. The Morgan fingerprint density at radius 1 is 1.16 bits per heavy atom. The average molecular weight is 425 g/mol. The molecular weight excluding hydrogens is 400 g/mol. The van der Waals surface area contributed by atoms with Crippen molar-refractivity contribution in [1.29, 1.82) is 5.26 Å². The van der Waals surface area contributed by atoms with E-state index in [1.54, 1.807) is 18.2 Å². The second-order valence-corrected chi connectivity index (χ2v) is 8.47. The van der Waals surface area contributed by atoms with Crippen molar-refractivity contribution in [3.8, 4) is 11.8 Å². The van der Waals surface area contributed by atoms with E-state index in [1.807, 2.05) is 49.1 Å². The van der Waals surface area contributed by atoms with Crippen LogP contribution in [0.1, 0.15) is 59.8 Å². The van der Waals surface area contributed by atoms with Gasteiger partial charge in [-0.05, 0) is 61.1 Å². The Bertz CT molecular complexity index is 1370. The number of amides is 1. The lowest BCUT2D eigenvalue weighted by molar-refractivity contribution is 0.102. The van der Waals surface area contributed by atoms with E-state index in [0.29, 0.717) is 16.8 Å². The van der Waals surface area contributed by atoms with Gasteiger partial charge >= 0.3 is 0 Å². The number of rotatable bonds is 4. The minimum absolute atomic E-state index is 0.0593. The molecule has 7 heteroatoms. The van der Waals surface area contributed by atoms with Gasteiger partial charge in [0.15, 0.2) is 0 Å². The molecule has 0 aliphatic carbocycles. The van der Waals surface area contributed by atoms with Crippen LogP contribution in [0, 0.1) is 11.3 Å². The van der Waals surface area contributed by atoms with Crippen molar-refractivity contribution in [3.05, 3.63) is 71.2 Å². The summed E-state index contributed by atoms with van der Waals surface area (Å²) in [6.07, 6.45) is 7.00. The Morgan fingerprint density at radius 2 is 2.03 bits per heavy atom. The van der Waals surface area contributed by atoms with Gasteiger partial charge in [-0.3, -0.25) is 9.48 Å². The van der Waals surface area contributed by atoms with E-state index in [2.05, 4.69) is 26.3 Å². The molecule has 0 bridgehead atoms. The molecule has 4 aromatic rings. The van der Waals surface area contributed by atoms with E-state index >= 15 is 0 Å². The van der Waals surface area contributed by atoms with Crippen molar-refractivity contribution in [2.24, 2.45) is 0 Å². The molecule has 0 saturated heterocycles. The van der Waals surface area contributed by atoms with E-state index in [-0.39, 0.29) is 11.8 Å². The number of anilines is 1. The highest BCUT2D eigenvalue weighted by Crippen LogP contribution is 2.28. The van der Waals surface area contributed by atoms with E-state index in [0.717, 1.165) is 48.0 Å². The molecule has 32 heavy (non-hydrogen) atoms. The Hall–Kier alpha value is -3.92. The van der Waals surface area contributed by atoms with Crippen LogP contribution < -0.4 is 5.32 Å². The third-order valence-electron chi connectivity index (χ3n) is 6.07. The number of nitrogens with zero attached hydrogens (tertiary/aromatic N) is 5. The molecule has 3 heterocycles. The summed E-state index contributed by atoms with van der Waals surface area (Å²) in [7, 11) is 0. The average Bonchev–Trinajstić information content (AvgIpc) is 3.41. The van der Waals surface area contributed by atoms with Crippen LogP contribution in [0.2, 0.25) is 0 Å². The monoisotopic (exact) mass is 424 g/mol. The number of aromatic nitrogens is 4. The molecule has 0 saturated carbocycles. The minimum atomic E-state index is -0.223. The van der Waals surface area contributed by atoms with Crippen LogP contribution in [-0.2, 0) is 13.0 Å². The summed E-state index contributed by atoms with van der Waals surface area (Å²) in [6.45, 7) is 4.92. The van der Waals surface area contributed by atoms with Crippen LogP contribution in [0.25, 0.3) is 16.6 Å². The predicted molar refractivity (Wildman–Crippen MR) is 123 cm³/mol. The summed E-state index contributed by atoms with van der Waals surface area (Å²) < 4.78 is 3.97. The first-order valence-electron chi connectivity index (χ1n) is 10.9. The maximum Gasteiger partial charge on any atom is 0.255 e. The lowest BCUT2D eigenvalue weighted by Crippen LogP contribution is -2.16. The summed E-state index contributed by atoms with van der Waals surface area (Å²) in [5, 5.41) is 22.6. The lowest BCUT2D eigenvalue weighted by Gasteiger charge is -2.15. The standard InChI is InChI=1S/C25H24N6O/c1-16(2)24-17(13-26)6-5-7-20(24)25(32)29-19-10-9-18-14-28-31(22(18)12-19)23-15-27-30-11-4-3-8-21(23)30/h5-7,9-10,12,14-16H,3-4,8,11H2,1-2H3,(H,29,32). The quantitative estimate of drug-likeness (QED) is 0.509. The number of benzene rings is 2. The van der Waals surface area contributed by atoms with Crippen molar-refractivity contribution < 1.29 is 4.79 Å². The summed E-state index contributed by atoms with van der Waals surface area (Å²) >= 11 is 0.